The minimum Gasteiger partial charge on any atom is -0.378 e. The second-order valence-electron chi connectivity index (χ2n) is 8.07. The van der Waals surface area contributed by atoms with Crippen LogP contribution in [0.3, 0.4) is 0 Å². The molecule has 6 rings (SSSR count). The normalized spacial score (nSPS) is 19.5. The number of hydrogen-bond acceptors (Lipinski definition) is 10. The van der Waals surface area contributed by atoms with Crippen molar-refractivity contribution in [3.8, 4) is 0 Å². The summed E-state index contributed by atoms with van der Waals surface area (Å²) < 4.78 is 10.9. The molecule has 1 aromatic heterocycles. The predicted molar refractivity (Wildman–Crippen MR) is 124 cm³/mol. The van der Waals surface area contributed by atoms with Crippen molar-refractivity contribution < 1.29 is 14.3 Å². The lowest BCUT2D eigenvalue weighted by molar-refractivity contribution is 0.107. The molecule has 0 amide bonds. The standard InChI is InChI=1S/C23H23N7O3/c31-20-17-6-2-4-15-3-1-5-16(18(15)17)19(20)27-28-21-24-22(29-7-11-32-12-8-29)26-23(25-21)30-9-13-33-14-10-30/h1-6H,7-14H2,(H,24,25,26,28)/b27-19+. The van der Waals surface area contributed by atoms with Crippen LogP contribution in [0.15, 0.2) is 41.5 Å². The van der Waals surface area contributed by atoms with Crippen LogP contribution >= 0.6 is 0 Å². The Morgan fingerprint density at radius 3 is 1.97 bits per heavy atom. The molecule has 10 nitrogen and oxygen atoms in total. The Bertz CT molecular complexity index is 1210. The van der Waals surface area contributed by atoms with Crippen molar-refractivity contribution in [3.63, 3.8) is 0 Å². The van der Waals surface area contributed by atoms with E-state index < -0.39 is 0 Å². The van der Waals surface area contributed by atoms with Gasteiger partial charge >= 0.3 is 0 Å². The van der Waals surface area contributed by atoms with Gasteiger partial charge in [-0.1, -0.05) is 36.4 Å². The van der Waals surface area contributed by atoms with Crippen molar-refractivity contribution >= 4 is 40.1 Å². The number of ether oxygens (including phenoxy) is 2. The van der Waals surface area contributed by atoms with Crippen LogP contribution in [0.4, 0.5) is 17.8 Å². The summed E-state index contributed by atoms with van der Waals surface area (Å²) in [7, 11) is 0. The number of rotatable bonds is 4. The molecule has 33 heavy (non-hydrogen) atoms. The molecule has 10 heteroatoms. The van der Waals surface area contributed by atoms with Crippen LogP contribution in [-0.4, -0.2) is 79.1 Å². The van der Waals surface area contributed by atoms with E-state index in [-0.39, 0.29) is 5.78 Å². The van der Waals surface area contributed by atoms with E-state index in [9.17, 15) is 4.79 Å². The molecule has 1 aliphatic carbocycles. The fourth-order valence-electron chi connectivity index (χ4n) is 4.41. The molecule has 0 radical (unpaired) electrons. The van der Waals surface area contributed by atoms with Crippen molar-refractivity contribution in [2.75, 3.05) is 67.8 Å². The number of hydrazone groups is 1. The molecule has 0 unspecified atom stereocenters. The van der Waals surface area contributed by atoms with Gasteiger partial charge in [-0.15, -0.1) is 0 Å². The van der Waals surface area contributed by atoms with Gasteiger partial charge < -0.3 is 19.3 Å². The third kappa shape index (κ3) is 3.66. The van der Waals surface area contributed by atoms with Gasteiger partial charge in [-0.25, -0.2) is 5.43 Å². The highest BCUT2D eigenvalue weighted by molar-refractivity contribution is 6.59. The molecule has 1 N–H and O–H groups in total. The molecule has 0 spiro atoms. The van der Waals surface area contributed by atoms with Gasteiger partial charge in [-0.2, -0.15) is 20.1 Å². The van der Waals surface area contributed by atoms with Crippen molar-refractivity contribution in [2.45, 2.75) is 0 Å². The van der Waals surface area contributed by atoms with Gasteiger partial charge in [-0.3, -0.25) is 4.79 Å². The van der Waals surface area contributed by atoms with E-state index in [4.69, 9.17) is 14.5 Å². The number of carbonyl (C=O) groups is 1. The fourth-order valence-corrected chi connectivity index (χ4v) is 4.41. The van der Waals surface area contributed by atoms with Crippen molar-refractivity contribution in [2.24, 2.45) is 5.10 Å². The summed E-state index contributed by atoms with van der Waals surface area (Å²) in [6.45, 7) is 5.32. The summed E-state index contributed by atoms with van der Waals surface area (Å²) in [5.41, 5.74) is 4.79. The van der Waals surface area contributed by atoms with E-state index >= 15 is 0 Å². The van der Waals surface area contributed by atoms with Crippen molar-refractivity contribution in [1.29, 1.82) is 0 Å². The average Bonchev–Trinajstić information content (AvgIpc) is 3.16. The minimum atomic E-state index is -0.106. The summed E-state index contributed by atoms with van der Waals surface area (Å²) in [6.07, 6.45) is 0. The smallest absolute Gasteiger partial charge is 0.250 e. The van der Waals surface area contributed by atoms with E-state index in [1.54, 1.807) is 0 Å². The first-order valence-electron chi connectivity index (χ1n) is 11.1. The number of Topliss-reactive ketones (excluding diaryl/α,β-unsaturated/α-hetero) is 1. The molecule has 0 saturated carbocycles. The molecule has 0 atom stereocenters. The Labute approximate surface area is 190 Å². The van der Waals surface area contributed by atoms with Gasteiger partial charge in [0.25, 0.3) is 0 Å². The Kier molecular flexibility index (Phi) is 5.08. The lowest BCUT2D eigenvalue weighted by Gasteiger charge is -2.30. The second-order valence-corrected chi connectivity index (χ2v) is 8.07. The van der Waals surface area contributed by atoms with Crippen LogP contribution in [0.25, 0.3) is 10.8 Å². The van der Waals surface area contributed by atoms with Gasteiger partial charge in [0.2, 0.25) is 23.6 Å². The summed E-state index contributed by atoms with van der Waals surface area (Å²) in [6, 6.07) is 11.6. The monoisotopic (exact) mass is 445 g/mol. The van der Waals surface area contributed by atoms with Crippen LogP contribution in [0.5, 0.6) is 0 Å². The lowest BCUT2D eigenvalue weighted by Crippen LogP contribution is -2.40. The van der Waals surface area contributed by atoms with Crippen LogP contribution in [0.1, 0.15) is 15.9 Å². The largest absolute Gasteiger partial charge is 0.378 e. The zero-order chi connectivity index (χ0) is 22.2. The Morgan fingerprint density at radius 2 is 1.36 bits per heavy atom. The maximum absolute atomic E-state index is 13.1. The molecule has 2 fully saturated rings. The summed E-state index contributed by atoms with van der Waals surface area (Å²) in [5.74, 6) is 1.34. The second kappa shape index (κ2) is 8.38. The number of aromatic nitrogens is 3. The van der Waals surface area contributed by atoms with Gasteiger partial charge in [0.1, 0.15) is 5.71 Å². The maximum Gasteiger partial charge on any atom is 0.250 e. The average molecular weight is 445 g/mol. The van der Waals surface area contributed by atoms with Crippen molar-refractivity contribution in [3.05, 3.63) is 47.5 Å². The minimum absolute atomic E-state index is 0.106. The summed E-state index contributed by atoms with van der Waals surface area (Å²) in [5, 5.41) is 6.42. The third-order valence-corrected chi connectivity index (χ3v) is 6.09. The highest BCUT2D eigenvalue weighted by Crippen LogP contribution is 2.31. The van der Waals surface area contributed by atoms with Crippen molar-refractivity contribution in [1.82, 2.24) is 15.0 Å². The molecular formula is C23H23N7O3. The third-order valence-electron chi connectivity index (χ3n) is 6.09. The Balaban J connectivity index is 1.35. The number of morpholine rings is 2. The number of nitrogens with one attached hydrogen (secondary N) is 1. The van der Waals surface area contributed by atoms with Gasteiger partial charge in [0.05, 0.1) is 26.4 Å². The van der Waals surface area contributed by atoms with E-state index in [0.717, 1.165) is 16.3 Å². The number of benzene rings is 2. The first-order chi connectivity index (χ1) is 16.3. The molecule has 0 bridgehead atoms. The topological polar surface area (TPSA) is 105 Å². The molecule has 3 heterocycles. The summed E-state index contributed by atoms with van der Waals surface area (Å²) in [4.78, 5) is 31.1. The molecule has 2 saturated heterocycles. The van der Waals surface area contributed by atoms with E-state index in [1.807, 2.05) is 36.4 Å². The Morgan fingerprint density at radius 1 is 0.788 bits per heavy atom. The van der Waals surface area contributed by atoms with Gasteiger partial charge in [0, 0.05) is 42.7 Å². The number of hydrogen-bond donors (Lipinski definition) is 1. The van der Waals surface area contributed by atoms with Crippen LogP contribution in [0, 0.1) is 0 Å². The highest BCUT2D eigenvalue weighted by atomic mass is 16.5. The quantitative estimate of drug-likeness (QED) is 0.601. The van der Waals surface area contributed by atoms with Crippen LogP contribution < -0.4 is 15.2 Å². The zero-order valence-corrected chi connectivity index (χ0v) is 18.0. The van der Waals surface area contributed by atoms with E-state index in [0.29, 0.717) is 81.7 Å². The molecular weight excluding hydrogens is 422 g/mol. The highest BCUT2D eigenvalue weighted by Gasteiger charge is 2.29. The number of ketones is 1. The molecule has 2 aliphatic heterocycles. The van der Waals surface area contributed by atoms with Gasteiger partial charge in [0.15, 0.2) is 0 Å². The molecule has 3 aromatic rings. The first-order valence-corrected chi connectivity index (χ1v) is 11.1. The van der Waals surface area contributed by atoms with Crippen LogP contribution in [-0.2, 0) is 9.47 Å². The number of carbonyl (C=O) groups excluding carboxylic acids is 1. The zero-order valence-electron chi connectivity index (χ0n) is 18.0. The number of anilines is 3. The molecule has 2 aromatic carbocycles. The fraction of sp³-hybridized carbons (Fsp3) is 0.348. The summed E-state index contributed by atoms with van der Waals surface area (Å²) >= 11 is 0. The van der Waals surface area contributed by atoms with E-state index in [1.165, 1.54) is 0 Å². The molecule has 168 valence electrons. The predicted octanol–water partition coefficient (Wildman–Crippen LogP) is 1.71. The maximum atomic E-state index is 13.1. The SMILES string of the molecule is O=C1/C(=N/Nc2nc(N3CCOCC3)nc(N3CCOCC3)n2)c2cccc3cccc1c23. The molecule has 3 aliphatic rings. The Hall–Kier alpha value is -3.63. The van der Waals surface area contributed by atoms with E-state index in [2.05, 4.69) is 30.3 Å². The number of nitrogens with zero attached hydrogens (tertiary/aromatic N) is 6. The first kappa shape index (κ1) is 20.0. The lowest BCUT2D eigenvalue weighted by atomic mass is 10.1. The van der Waals surface area contributed by atoms with Crippen LogP contribution in [0.2, 0.25) is 0 Å². The van der Waals surface area contributed by atoms with Gasteiger partial charge in [-0.05, 0) is 5.39 Å².